The molecule has 0 saturated heterocycles. The van der Waals surface area contributed by atoms with Crippen LogP contribution in [0.25, 0.3) is 0 Å². The van der Waals surface area contributed by atoms with Crippen molar-refractivity contribution in [1.82, 2.24) is 4.98 Å². The molecule has 0 atom stereocenters. The van der Waals surface area contributed by atoms with Gasteiger partial charge in [-0.05, 0) is 45.3 Å². The normalized spacial score (nSPS) is 13.4. The minimum Gasteiger partial charge on any atom is -0.423 e. The number of alkyl halides is 3. The average molecular weight is 291 g/mol. The van der Waals surface area contributed by atoms with Gasteiger partial charge in [-0.25, -0.2) is 0 Å². The summed E-state index contributed by atoms with van der Waals surface area (Å²) >= 11 is 0. The monoisotopic (exact) mass is 291 g/mol. The summed E-state index contributed by atoms with van der Waals surface area (Å²) in [5.74, 6) is 0. The van der Waals surface area contributed by atoms with E-state index in [0.717, 1.165) is 6.20 Å². The number of rotatable bonds is 4. The lowest BCUT2D eigenvalue weighted by Crippen LogP contribution is -2.53. The number of hydrogen-bond acceptors (Lipinski definition) is 4. The van der Waals surface area contributed by atoms with Crippen LogP contribution in [0.15, 0.2) is 18.3 Å². The molecule has 8 heteroatoms. The lowest BCUT2D eigenvalue weighted by molar-refractivity contribution is -0.141. The van der Waals surface area contributed by atoms with E-state index in [1.54, 1.807) is 0 Å². The van der Waals surface area contributed by atoms with E-state index in [9.17, 15) is 23.3 Å². The minimum absolute atomic E-state index is 0.0790. The van der Waals surface area contributed by atoms with Crippen molar-refractivity contribution in [3.8, 4) is 0 Å². The summed E-state index contributed by atoms with van der Waals surface area (Å²) in [5.41, 5.74) is -3.63. The molecule has 0 fully saturated rings. The summed E-state index contributed by atoms with van der Waals surface area (Å²) in [6.07, 6.45) is -3.65. The molecule has 0 bridgehead atoms. The second-order valence-electron chi connectivity index (χ2n) is 5.51. The van der Waals surface area contributed by atoms with E-state index >= 15 is 0 Å². The third-order valence-corrected chi connectivity index (χ3v) is 3.24. The maximum atomic E-state index is 12.5. The van der Waals surface area contributed by atoms with Crippen molar-refractivity contribution < 1.29 is 28.0 Å². The number of aliphatic hydroxyl groups is 1. The van der Waals surface area contributed by atoms with Crippen LogP contribution >= 0.6 is 0 Å². The molecule has 0 aromatic carbocycles. The smallest absolute Gasteiger partial charge is 0.423 e. The molecule has 0 aliphatic heterocycles. The van der Waals surface area contributed by atoms with Gasteiger partial charge in [0, 0.05) is 6.20 Å². The maximum absolute atomic E-state index is 12.5. The molecular formula is C12H17BF3NO3. The lowest BCUT2D eigenvalue weighted by Gasteiger charge is -2.38. The van der Waals surface area contributed by atoms with Gasteiger partial charge in [-0.1, -0.05) is 0 Å². The maximum Gasteiger partial charge on any atom is 0.491 e. The lowest BCUT2D eigenvalue weighted by atomic mass is 9.76. The first-order chi connectivity index (χ1) is 8.84. The Labute approximate surface area is 115 Å². The predicted octanol–water partition coefficient (Wildman–Crippen LogP) is 1.35. The predicted molar refractivity (Wildman–Crippen MR) is 68.3 cm³/mol. The van der Waals surface area contributed by atoms with Crippen molar-refractivity contribution in [2.75, 3.05) is 0 Å². The SMILES string of the molecule is CC(C)(O)C(C)(C)OB(O)c1ccnc(C(F)(F)F)c1. The Hall–Kier alpha value is -1.12. The fraction of sp³-hybridized carbons (Fsp3) is 0.583. The Bertz CT molecular complexity index is 472. The van der Waals surface area contributed by atoms with E-state index in [1.165, 1.54) is 33.8 Å². The Morgan fingerprint density at radius 3 is 2.20 bits per heavy atom. The quantitative estimate of drug-likeness (QED) is 0.822. The van der Waals surface area contributed by atoms with Gasteiger partial charge in [-0.2, -0.15) is 13.2 Å². The van der Waals surface area contributed by atoms with Crippen LogP contribution in [-0.2, 0) is 10.8 Å². The first-order valence-electron chi connectivity index (χ1n) is 5.96. The molecule has 0 spiro atoms. The van der Waals surface area contributed by atoms with Crippen molar-refractivity contribution in [1.29, 1.82) is 0 Å². The highest BCUT2D eigenvalue weighted by atomic mass is 19.4. The van der Waals surface area contributed by atoms with E-state index in [-0.39, 0.29) is 5.46 Å². The first-order valence-corrected chi connectivity index (χ1v) is 5.96. The van der Waals surface area contributed by atoms with Gasteiger partial charge < -0.3 is 14.8 Å². The van der Waals surface area contributed by atoms with Gasteiger partial charge in [0.05, 0.1) is 11.2 Å². The van der Waals surface area contributed by atoms with Crippen molar-refractivity contribution in [3.05, 3.63) is 24.0 Å². The molecule has 1 heterocycles. The Kier molecular flexibility index (Phi) is 4.53. The first kappa shape index (κ1) is 16.9. The third-order valence-electron chi connectivity index (χ3n) is 3.24. The minimum atomic E-state index is -4.60. The van der Waals surface area contributed by atoms with E-state index in [0.29, 0.717) is 6.07 Å². The van der Waals surface area contributed by atoms with E-state index in [1.807, 2.05) is 0 Å². The van der Waals surface area contributed by atoms with Crippen molar-refractivity contribution >= 4 is 12.6 Å². The molecule has 112 valence electrons. The van der Waals surface area contributed by atoms with Crippen molar-refractivity contribution in [3.63, 3.8) is 0 Å². The highest BCUT2D eigenvalue weighted by Crippen LogP contribution is 2.27. The van der Waals surface area contributed by atoms with Crippen molar-refractivity contribution in [2.24, 2.45) is 0 Å². The zero-order valence-corrected chi connectivity index (χ0v) is 11.7. The fourth-order valence-corrected chi connectivity index (χ4v) is 1.25. The molecule has 1 rings (SSSR count). The number of hydrogen-bond donors (Lipinski definition) is 2. The topological polar surface area (TPSA) is 62.6 Å². The number of halogens is 3. The van der Waals surface area contributed by atoms with Crippen LogP contribution in [0, 0.1) is 0 Å². The van der Waals surface area contributed by atoms with Gasteiger partial charge in [0.2, 0.25) is 0 Å². The second-order valence-corrected chi connectivity index (χ2v) is 5.51. The van der Waals surface area contributed by atoms with Gasteiger partial charge in [-0.15, -0.1) is 0 Å². The third kappa shape index (κ3) is 3.94. The standard InChI is InChI=1S/C12H17BF3NO3/c1-10(2,18)11(3,4)20-13(19)8-5-6-17-9(7-8)12(14,15)16/h5-7,18-19H,1-4H3. The molecule has 0 amide bonds. The Morgan fingerprint density at radius 1 is 1.20 bits per heavy atom. The van der Waals surface area contributed by atoms with Gasteiger partial charge in [-0.3, -0.25) is 4.98 Å². The highest BCUT2D eigenvalue weighted by Gasteiger charge is 2.40. The Balaban J connectivity index is 2.97. The van der Waals surface area contributed by atoms with Crippen LogP contribution in [0.4, 0.5) is 13.2 Å². The number of aromatic nitrogens is 1. The Morgan fingerprint density at radius 2 is 1.75 bits per heavy atom. The molecule has 4 nitrogen and oxygen atoms in total. The molecule has 0 radical (unpaired) electrons. The van der Waals surface area contributed by atoms with Crippen LogP contribution in [0.1, 0.15) is 33.4 Å². The molecule has 2 N–H and O–H groups in total. The van der Waals surface area contributed by atoms with Crippen LogP contribution in [-0.4, -0.2) is 33.4 Å². The number of pyridine rings is 1. The zero-order valence-electron chi connectivity index (χ0n) is 11.7. The summed E-state index contributed by atoms with van der Waals surface area (Å²) < 4.78 is 42.9. The molecule has 0 saturated carbocycles. The summed E-state index contributed by atoms with van der Waals surface area (Å²) in [4.78, 5) is 3.20. The van der Waals surface area contributed by atoms with Crippen LogP contribution in [0.5, 0.6) is 0 Å². The number of nitrogens with zero attached hydrogens (tertiary/aromatic N) is 1. The van der Waals surface area contributed by atoms with Gasteiger partial charge in [0.1, 0.15) is 5.69 Å². The van der Waals surface area contributed by atoms with Crippen molar-refractivity contribution in [2.45, 2.75) is 45.1 Å². The molecule has 0 aliphatic carbocycles. The fourth-order valence-electron chi connectivity index (χ4n) is 1.25. The van der Waals surface area contributed by atoms with Gasteiger partial charge in [0.15, 0.2) is 0 Å². The highest BCUT2D eigenvalue weighted by molar-refractivity contribution is 6.60. The van der Waals surface area contributed by atoms with Crippen LogP contribution in [0.3, 0.4) is 0 Å². The molecule has 0 unspecified atom stereocenters. The summed E-state index contributed by atoms with van der Waals surface area (Å²) in [6.45, 7) is 6.02. The molecule has 20 heavy (non-hydrogen) atoms. The molecule has 1 aromatic rings. The average Bonchev–Trinajstić information content (AvgIpc) is 2.26. The van der Waals surface area contributed by atoms with Gasteiger partial charge >= 0.3 is 13.3 Å². The summed E-state index contributed by atoms with van der Waals surface area (Å²) in [5, 5.41) is 19.8. The van der Waals surface area contributed by atoms with Gasteiger partial charge in [0.25, 0.3) is 0 Å². The largest absolute Gasteiger partial charge is 0.491 e. The molecule has 1 aromatic heterocycles. The van der Waals surface area contributed by atoms with Crippen LogP contribution in [0.2, 0.25) is 0 Å². The zero-order chi connectivity index (χ0) is 15.8. The molecule has 0 aliphatic rings. The van der Waals surface area contributed by atoms with E-state index < -0.39 is 30.2 Å². The second kappa shape index (κ2) is 5.35. The molecular weight excluding hydrogens is 274 g/mol. The van der Waals surface area contributed by atoms with E-state index in [2.05, 4.69) is 4.98 Å². The van der Waals surface area contributed by atoms with E-state index in [4.69, 9.17) is 4.65 Å². The van der Waals surface area contributed by atoms with Crippen LogP contribution < -0.4 is 5.46 Å². The summed E-state index contributed by atoms with van der Waals surface area (Å²) in [7, 11) is -1.60. The summed E-state index contributed by atoms with van der Waals surface area (Å²) in [6, 6.07) is 1.94.